The fourth-order valence-electron chi connectivity index (χ4n) is 3.82. The van der Waals surface area contributed by atoms with E-state index in [-0.39, 0.29) is 23.7 Å². The molecule has 7 nitrogen and oxygen atoms in total. The topological polar surface area (TPSA) is 91.6 Å². The van der Waals surface area contributed by atoms with E-state index in [9.17, 15) is 32.7 Å². The van der Waals surface area contributed by atoms with E-state index in [1.807, 2.05) is 6.92 Å². The van der Waals surface area contributed by atoms with Crippen LogP contribution in [-0.2, 0) is 13.1 Å². The Kier molecular flexibility index (Phi) is 5.46. The van der Waals surface area contributed by atoms with Gasteiger partial charge in [0.1, 0.15) is 23.0 Å². The Morgan fingerprint density at radius 3 is 2.61 bits per heavy atom. The van der Waals surface area contributed by atoms with Crippen molar-refractivity contribution < 1.29 is 27.9 Å². The van der Waals surface area contributed by atoms with Gasteiger partial charge in [-0.2, -0.15) is 0 Å². The lowest BCUT2D eigenvalue weighted by Gasteiger charge is -2.44. The molecule has 2 aliphatic heterocycles. The number of aromatic hydroxyl groups is 1. The normalized spacial score (nSPS) is 20.3. The number of aromatic nitrogens is 1. The van der Waals surface area contributed by atoms with Crippen LogP contribution in [0.15, 0.2) is 23.1 Å². The number of rotatable bonds is 3. The first kappa shape index (κ1) is 21.3. The third-order valence-electron chi connectivity index (χ3n) is 5.45. The van der Waals surface area contributed by atoms with Gasteiger partial charge in [0, 0.05) is 36.5 Å². The maximum Gasteiger partial charge on any atom is 0.275 e. The first-order chi connectivity index (χ1) is 14.7. The number of benzene rings is 1. The average molecular weight is 453 g/mol. The van der Waals surface area contributed by atoms with E-state index in [1.165, 1.54) is 10.8 Å². The van der Waals surface area contributed by atoms with Gasteiger partial charge in [0.05, 0.1) is 11.9 Å². The smallest absolute Gasteiger partial charge is 0.275 e. The zero-order valence-electron chi connectivity index (χ0n) is 16.3. The molecule has 2 amide bonds. The third-order valence-corrected chi connectivity index (χ3v) is 6.69. The maximum atomic E-state index is 13.8. The first-order valence-corrected chi connectivity index (χ1v) is 10.6. The quantitative estimate of drug-likeness (QED) is 0.744. The van der Waals surface area contributed by atoms with E-state index in [0.29, 0.717) is 12.1 Å². The molecule has 0 aliphatic carbocycles. The van der Waals surface area contributed by atoms with E-state index >= 15 is 0 Å². The van der Waals surface area contributed by atoms with Gasteiger partial charge in [0.15, 0.2) is 11.4 Å². The van der Waals surface area contributed by atoms with Crippen LogP contribution in [0.25, 0.3) is 0 Å². The van der Waals surface area contributed by atoms with E-state index in [1.54, 1.807) is 16.7 Å². The number of hydrogen-bond acceptors (Lipinski definition) is 5. The molecule has 1 saturated heterocycles. The minimum absolute atomic E-state index is 0.0505. The summed E-state index contributed by atoms with van der Waals surface area (Å²) in [4.78, 5) is 39.6. The van der Waals surface area contributed by atoms with E-state index < -0.39 is 58.1 Å². The largest absolute Gasteiger partial charge is 0.503 e. The lowest BCUT2D eigenvalue weighted by atomic mass is 10.1. The molecule has 4 rings (SSSR count). The standard InChI is InChI=1S/C20H18F3N3O4S/c1-9-2-3-31-15-8-25-7-12(17(27)18(28)16(25)20(30)26(9)15)19(29)24-6-11-13(22)4-10(21)5-14(11)23/h4-5,7,9,15,28H,2-3,6,8H2,1H3,(H,24,29)/t9-,15?/m1/s1. The second-order valence-corrected chi connectivity index (χ2v) is 8.71. The number of fused-ring (bicyclic) bond motifs is 2. The lowest BCUT2D eigenvalue weighted by Crippen LogP contribution is -2.54. The summed E-state index contributed by atoms with van der Waals surface area (Å²) in [6.45, 7) is 1.53. The monoisotopic (exact) mass is 453 g/mol. The number of halogens is 3. The van der Waals surface area contributed by atoms with Crippen LogP contribution in [0.3, 0.4) is 0 Å². The van der Waals surface area contributed by atoms with Crippen molar-refractivity contribution in [1.29, 1.82) is 0 Å². The summed E-state index contributed by atoms with van der Waals surface area (Å²) in [7, 11) is 0. The summed E-state index contributed by atoms with van der Waals surface area (Å²) in [6.07, 6.45) is 1.95. The van der Waals surface area contributed by atoms with Crippen LogP contribution in [0.5, 0.6) is 5.75 Å². The highest BCUT2D eigenvalue weighted by Gasteiger charge is 2.40. The molecule has 0 spiro atoms. The van der Waals surface area contributed by atoms with Crippen molar-refractivity contribution in [2.24, 2.45) is 0 Å². The minimum Gasteiger partial charge on any atom is -0.503 e. The van der Waals surface area contributed by atoms with Crippen LogP contribution >= 0.6 is 11.8 Å². The van der Waals surface area contributed by atoms with Gasteiger partial charge in [-0.15, -0.1) is 11.8 Å². The summed E-state index contributed by atoms with van der Waals surface area (Å²) < 4.78 is 42.0. The van der Waals surface area contributed by atoms with Crippen molar-refractivity contribution in [1.82, 2.24) is 14.8 Å². The van der Waals surface area contributed by atoms with Gasteiger partial charge >= 0.3 is 0 Å². The number of pyridine rings is 1. The molecule has 1 fully saturated rings. The highest BCUT2D eigenvalue weighted by atomic mass is 32.2. The van der Waals surface area contributed by atoms with Gasteiger partial charge in [0.2, 0.25) is 5.43 Å². The molecule has 1 aromatic carbocycles. The maximum absolute atomic E-state index is 13.8. The Hall–Kier alpha value is -2.95. The molecular weight excluding hydrogens is 435 g/mol. The summed E-state index contributed by atoms with van der Waals surface area (Å²) in [5.41, 5.74) is -2.30. The molecule has 2 N–H and O–H groups in total. The Labute approximate surface area is 178 Å². The van der Waals surface area contributed by atoms with Crippen molar-refractivity contribution in [2.75, 3.05) is 5.75 Å². The summed E-state index contributed by atoms with van der Waals surface area (Å²) >= 11 is 1.56. The number of amides is 2. The second kappa shape index (κ2) is 7.95. The zero-order chi connectivity index (χ0) is 22.4. The highest BCUT2D eigenvalue weighted by Crippen LogP contribution is 2.35. The fourth-order valence-corrected chi connectivity index (χ4v) is 5.30. The van der Waals surface area contributed by atoms with Crippen LogP contribution in [0, 0.1) is 17.5 Å². The summed E-state index contributed by atoms with van der Waals surface area (Å²) in [5, 5.41) is 12.4. The van der Waals surface area contributed by atoms with Crippen LogP contribution in [-0.4, -0.2) is 43.6 Å². The SMILES string of the molecule is C[C@@H]1CCSC2Cn3cc(C(=O)NCc4c(F)cc(F)cc4F)c(=O)c(O)c3C(=O)N21. The molecular formula is C20H18F3N3O4S. The van der Waals surface area contributed by atoms with Crippen molar-refractivity contribution in [3.8, 4) is 5.75 Å². The molecule has 2 aromatic rings. The molecule has 31 heavy (non-hydrogen) atoms. The molecule has 2 atom stereocenters. The Morgan fingerprint density at radius 2 is 1.94 bits per heavy atom. The molecule has 3 heterocycles. The Morgan fingerprint density at radius 1 is 1.26 bits per heavy atom. The van der Waals surface area contributed by atoms with Gasteiger partial charge in [0.25, 0.3) is 11.8 Å². The predicted octanol–water partition coefficient (Wildman–Crippen LogP) is 2.21. The van der Waals surface area contributed by atoms with Crippen molar-refractivity contribution in [3.05, 3.63) is 62.8 Å². The molecule has 0 saturated carbocycles. The lowest BCUT2D eigenvalue weighted by molar-refractivity contribution is 0.0573. The van der Waals surface area contributed by atoms with Crippen LogP contribution in [0.4, 0.5) is 13.2 Å². The number of carbonyl (C=O) groups excluding carboxylic acids is 2. The molecule has 0 bridgehead atoms. The number of thioether (sulfide) groups is 1. The predicted molar refractivity (Wildman–Crippen MR) is 106 cm³/mol. The zero-order valence-corrected chi connectivity index (χ0v) is 17.1. The third kappa shape index (κ3) is 3.67. The van der Waals surface area contributed by atoms with Crippen molar-refractivity contribution in [3.63, 3.8) is 0 Å². The van der Waals surface area contributed by atoms with Crippen molar-refractivity contribution in [2.45, 2.75) is 37.8 Å². The number of nitrogens with zero attached hydrogens (tertiary/aromatic N) is 2. The van der Waals surface area contributed by atoms with Crippen LogP contribution in [0.2, 0.25) is 0 Å². The second-order valence-electron chi connectivity index (χ2n) is 7.43. The van der Waals surface area contributed by atoms with E-state index in [2.05, 4.69) is 5.32 Å². The highest BCUT2D eigenvalue weighted by molar-refractivity contribution is 7.99. The molecule has 1 unspecified atom stereocenters. The average Bonchev–Trinajstić information content (AvgIpc) is 2.69. The molecule has 2 aliphatic rings. The first-order valence-electron chi connectivity index (χ1n) is 9.51. The molecule has 0 radical (unpaired) electrons. The molecule has 164 valence electrons. The van der Waals surface area contributed by atoms with Gasteiger partial charge in [-0.1, -0.05) is 0 Å². The van der Waals surface area contributed by atoms with Crippen LogP contribution < -0.4 is 10.7 Å². The van der Waals surface area contributed by atoms with Gasteiger partial charge in [-0.25, -0.2) is 13.2 Å². The Bertz CT molecular complexity index is 1130. The molecule has 1 aromatic heterocycles. The van der Waals surface area contributed by atoms with Gasteiger partial charge in [-0.05, 0) is 19.1 Å². The summed E-state index contributed by atoms with van der Waals surface area (Å²) in [5.74, 6) is -4.95. The van der Waals surface area contributed by atoms with Crippen LogP contribution in [0.1, 0.15) is 39.8 Å². The number of carbonyl (C=O) groups is 2. The number of nitrogens with one attached hydrogen (secondary N) is 1. The summed E-state index contributed by atoms with van der Waals surface area (Å²) in [6, 6.07) is 0.903. The van der Waals surface area contributed by atoms with E-state index in [0.717, 1.165) is 12.2 Å². The van der Waals surface area contributed by atoms with Gasteiger partial charge < -0.3 is 19.9 Å². The minimum atomic E-state index is -1.18. The Balaban J connectivity index is 1.64. The van der Waals surface area contributed by atoms with E-state index in [4.69, 9.17) is 0 Å². The number of hydrogen-bond donors (Lipinski definition) is 2. The van der Waals surface area contributed by atoms with Crippen molar-refractivity contribution >= 4 is 23.6 Å². The fraction of sp³-hybridized carbons (Fsp3) is 0.350. The molecule has 11 heteroatoms. The van der Waals surface area contributed by atoms with Gasteiger partial charge in [-0.3, -0.25) is 14.4 Å².